The number of carboxylic acids is 1. The molecule has 2 atom stereocenters. The molecule has 1 aliphatic rings. The standard InChI is InChI=1S/C20H24N4O6/c1-3-4-9-29-20(28)23-17(19(26)27)12-22-18(25)11-15-10-16(24-30-15)13-5-7-14(21-2)8-6-13/h5-8,15,17H,3-4,9-12H2,1H3,(H,22,25)(H,23,28)(H,26,27)/t15-,17+/m1/s1. The lowest BCUT2D eigenvalue weighted by Crippen LogP contribution is -2.48. The Balaban J connectivity index is 1.76. The molecule has 0 radical (unpaired) electrons. The zero-order chi connectivity index (χ0) is 21.9. The van der Waals surface area contributed by atoms with Crippen LogP contribution in [0.5, 0.6) is 0 Å². The normalized spacial score (nSPS) is 15.9. The van der Waals surface area contributed by atoms with Crippen LogP contribution in [0.15, 0.2) is 29.4 Å². The van der Waals surface area contributed by atoms with E-state index in [0.29, 0.717) is 24.2 Å². The summed E-state index contributed by atoms with van der Waals surface area (Å²) in [6, 6.07) is 5.58. The SMILES string of the molecule is [C-]#[N+]c1ccc(C2=NO[C@@H](CC(=O)NC[C@H](NC(=O)OCCCC)C(=O)O)C2)cc1. The molecule has 2 amide bonds. The number of benzene rings is 1. The fourth-order valence-electron chi connectivity index (χ4n) is 2.62. The molecular formula is C20H24N4O6. The van der Waals surface area contributed by atoms with Gasteiger partial charge in [0.1, 0.15) is 12.1 Å². The Morgan fingerprint density at radius 1 is 1.37 bits per heavy atom. The summed E-state index contributed by atoms with van der Waals surface area (Å²) in [7, 11) is 0. The maximum atomic E-state index is 12.1. The van der Waals surface area contributed by atoms with Crippen molar-refractivity contribution < 1.29 is 29.1 Å². The Labute approximate surface area is 174 Å². The molecule has 10 heteroatoms. The van der Waals surface area contributed by atoms with Crippen molar-refractivity contribution in [2.24, 2.45) is 5.16 Å². The van der Waals surface area contributed by atoms with E-state index in [1.807, 2.05) is 6.92 Å². The van der Waals surface area contributed by atoms with Crippen molar-refractivity contribution in [1.29, 1.82) is 0 Å². The predicted molar refractivity (Wildman–Crippen MR) is 107 cm³/mol. The summed E-state index contributed by atoms with van der Waals surface area (Å²) in [5, 5.41) is 17.9. The summed E-state index contributed by atoms with van der Waals surface area (Å²) in [6.07, 6.45) is 0.599. The zero-order valence-electron chi connectivity index (χ0n) is 16.6. The molecule has 0 saturated carbocycles. The van der Waals surface area contributed by atoms with Gasteiger partial charge in [0.25, 0.3) is 0 Å². The number of carbonyl (C=O) groups excluding carboxylic acids is 2. The average Bonchev–Trinajstić information content (AvgIpc) is 3.19. The number of rotatable bonds is 10. The fourth-order valence-corrected chi connectivity index (χ4v) is 2.62. The van der Waals surface area contributed by atoms with Crippen LogP contribution in [0.1, 0.15) is 38.2 Å². The van der Waals surface area contributed by atoms with Gasteiger partial charge >= 0.3 is 12.1 Å². The Morgan fingerprint density at radius 3 is 2.73 bits per heavy atom. The number of carboxylic acid groups (broad SMARTS) is 1. The minimum Gasteiger partial charge on any atom is -0.480 e. The van der Waals surface area contributed by atoms with Crippen molar-refractivity contribution in [2.45, 2.75) is 44.8 Å². The number of alkyl carbamates (subject to hydrolysis) is 1. The number of hydrogen-bond donors (Lipinski definition) is 3. The van der Waals surface area contributed by atoms with E-state index in [0.717, 1.165) is 12.0 Å². The summed E-state index contributed by atoms with van der Waals surface area (Å²) in [4.78, 5) is 43.6. The lowest BCUT2D eigenvalue weighted by Gasteiger charge is -2.16. The van der Waals surface area contributed by atoms with Crippen molar-refractivity contribution in [2.75, 3.05) is 13.2 Å². The molecule has 0 aromatic heterocycles. The highest BCUT2D eigenvalue weighted by Gasteiger charge is 2.26. The highest BCUT2D eigenvalue weighted by molar-refractivity contribution is 6.01. The number of amides is 2. The van der Waals surface area contributed by atoms with Gasteiger partial charge in [0.15, 0.2) is 5.69 Å². The Hall–Kier alpha value is -3.61. The third-order valence-corrected chi connectivity index (χ3v) is 4.30. The van der Waals surface area contributed by atoms with E-state index < -0.39 is 30.1 Å². The minimum atomic E-state index is -1.31. The van der Waals surface area contributed by atoms with E-state index in [-0.39, 0.29) is 19.6 Å². The van der Waals surface area contributed by atoms with Gasteiger partial charge in [-0.05, 0) is 12.0 Å². The number of aliphatic carboxylic acids is 1. The molecule has 0 fully saturated rings. The first kappa shape index (κ1) is 22.7. The molecule has 30 heavy (non-hydrogen) atoms. The Morgan fingerprint density at radius 2 is 2.10 bits per heavy atom. The molecule has 0 spiro atoms. The van der Waals surface area contributed by atoms with Crippen molar-refractivity contribution in [1.82, 2.24) is 10.6 Å². The molecule has 0 aliphatic carbocycles. The summed E-state index contributed by atoms with van der Waals surface area (Å²) >= 11 is 0. The zero-order valence-corrected chi connectivity index (χ0v) is 16.6. The second-order valence-corrected chi connectivity index (χ2v) is 6.66. The fraction of sp³-hybridized carbons (Fsp3) is 0.450. The number of oxime groups is 1. The number of unbranched alkanes of at least 4 members (excludes halogenated alkanes) is 1. The van der Waals surface area contributed by atoms with Gasteiger partial charge in [0, 0.05) is 13.0 Å². The van der Waals surface area contributed by atoms with E-state index in [4.69, 9.17) is 16.1 Å². The van der Waals surface area contributed by atoms with Crippen molar-refractivity contribution >= 4 is 29.4 Å². The van der Waals surface area contributed by atoms with Crippen LogP contribution in [-0.4, -0.2) is 54.1 Å². The van der Waals surface area contributed by atoms with Crippen LogP contribution in [0.3, 0.4) is 0 Å². The first-order valence-corrected chi connectivity index (χ1v) is 9.56. The van der Waals surface area contributed by atoms with Crippen LogP contribution >= 0.6 is 0 Å². The first-order valence-electron chi connectivity index (χ1n) is 9.56. The van der Waals surface area contributed by atoms with E-state index >= 15 is 0 Å². The Kier molecular flexibility index (Phi) is 8.62. The highest BCUT2D eigenvalue weighted by atomic mass is 16.6. The summed E-state index contributed by atoms with van der Waals surface area (Å²) in [5.41, 5.74) is 2.00. The second kappa shape index (κ2) is 11.4. The van der Waals surface area contributed by atoms with Crippen molar-refractivity contribution in [3.8, 4) is 0 Å². The lowest BCUT2D eigenvalue weighted by atomic mass is 10.0. The van der Waals surface area contributed by atoms with Gasteiger partial charge in [0.2, 0.25) is 5.91 Å². The van der Waals surface area contributed by atoms with Crippen LogP contribution in [0.25, 0.3) is 4.85 Å². The number of carbonyl (C=O) groups is 3. The molecule has 0 bridgehead atoms. The monoisotopic (exact) mass is 416 g/mol. The maximum absolute atomic E-state index is 12.1. The molecular weight excluding hydrogens is 392 g/mol. The van der Waals surface area contributed by atoms with Gasteiger partial charge in [0.05, 0.1) is 25.3 Å². The van der Waals surface area contributed by atoms with Gasteiger partial charge in [-0.15, -0.1) is 0 Å². The molecule has 1 heterocycles. The third-order valence-electron chi connectivity index (χ3n) is 4.30. The van der Waals surface area contributed by atoms with Gasteiger partial charge < -0.3 is 25.3 Å². The highest BCUT2D eigenvalue weighted by Crippen LogP contribution is 2.21. The molecule has 1 aromatic rings. The lowest BCUT2D eigenvalue weighted by molar-refractivity contribution is -0.139. The van der Waals surface area contributed by atoms with Crippen LogP contribution in [0, 0.1) is 6.57 Å². The first-order chi connectivity index (χ1) is 14.4. The Bertz CT molecular complexity index is 831. The smallest absolute Gasteiger partial charge is 0.407 e. The van der Waals surface area contributed by atoms with Crippen LogP contribution in [-0.2, 0) is 19.2 Å². The van der Waals surface area contributed by atoms with Crippen molar-refractivity contribution in [3.63, 3.8) is 0 Å². The summed E-state index contributed by atoms with van der Waals surface area (Å²) in [5.74, 6) is -1.71. The van der Waals surface area contributed by atoms with E-state index in [1.54, 1.807) is 24.3 Å². The average molecular weight is 416 g/mol. The molecule has 3 N–H and O–H groups in total. The largest absolute Gasteiger partial charge is 0.480 e. The molecule has 160 valence electrons. The van der Waals surface area contributed by atoms with Crippen LogP contribution in [0.4, 0.5) is 10.5 Å². The molecule has 1 aromatic carbocycles. The minimum absolute atomic E-state index is 0.0135. The molecule has 1 aliphatic heterocycles. The quantitative estimate of drug-likeness (QED) is 0.396. The van der Waals surface area contributed by atoms with Gasteiger partial charge in [-0.25, -0.2) is 14.4 Å². The molecule has 10 nitrogen and oxygen atoms in total. The second-order valence-electron chi connectivity index (χ2n) is 6.66. The number of hydrogen-bond acceptors (Lipinski definition) is 6. The molecule has 0 saturated heterocycles. The third kappa shape index (κ3) is 7.09. The number of nitrogens with one attached hydrogen (secondary N) is 2. The number of nitrogens with zero attached hydrogens (tertiary/aromatic N) is 2. The van der Waals surface area contributed by atoms with Crippen LogP contribution < -0.4 is 10.6 Å². The molecule has 2 rings (SSSR count). The predicted octanol–water partition coefficient (Wildman–Crippen LogP) is 2.22. The topological polar surface area (TPSA) is 131 Å². The molecule has 0 unspecified atom stereocenters. The summed E-state index contributed by atoms with van der Waals surface area (Å²) in [6.45, 7) is 8.81. The number of ether oxygens (including phenoxy) is 1. The summed E-state index contributed by atoms with van der Waals surface area (Å²) < 4.78 is 4.87. The van der Waals surface area contributed by atoms with E-state index in [9.17, 15) is 19.5 Å². The van der Waals surface area contributed by atoms with Gasteiger partial charge in [-0.3, -0.25) is 4.79 Å². The van der Waals surface area contributed by atoms with Gasteiger partial charge in [-0.1, -0.05) is 42.8 Å². The van der Waals surface area contributed by atoms with E-state index in [2.05, 4.69) is 20.6 Å². The van der Waals surface area contributed by atoms with Crippen molar-refractivity contribution in [3.05, 3.63) is 41.2 Å². The van der Waals surface area contributed by atoms with Crippen LogP contribution in [0.2, 0.25) is 0 Å². The van der Waals surface area contributed by atoms with Gasteiger partial charge in [-0.2, -0.15) is 0 Å². The maximum Gasteiger partial charge on any atom is 0.407 e. The van der Waals surface area contributed by atoms with E-state index in [1.165, 1.54) is 0 Å².